The minimum absolute atomic E-state index is 0.00250. The van der Waals surface area contributed by atoms with Crippen LogP contribution in [0.4, 0.5) is 0 Å². The Morgan fingerprint density at radius 2 is 2.30 bits per heavy atom. The van der Waals surface area contributed by atoms with Crippen LogP contribution >= 0.6 is 11.8 Å². The first kappa shape index (κ1) is 13.5. The van der Waals surface area contributed by atoms with Crippen LogP contribution in [-0.4, -0.2) is 21.8 Å². The predicted molar refractivity (Wildman–Crippen MR) is 81.1 cm³/mol. The second kappa shape index (κ2) is 5.89. The van der Waals surface area contributed by atoms with Gasteiger partial charge in [0.15, 0.2) is 6.10 Å². The highest BCUT2D eigenvalue weighted by molar-refractivity contribution is 7.99. The Labute approximate surface area is 123 Å². The van der Waals surface area contributed by atoms with Gasteiger partial charge in [0.2, 0.25) is 0 Å². The number of aromatic amines is 1. The summed E-state index contributed by atoms with van der Waals surface area (Å²) in [6.45, 7) is 5.07. The molecule has 0 aliphatic carbocycles. The molecule has 2 N–H and O–H groups in total. The van der Waals surface area contributed by atoms with Crippen molar-refractivity contribution in [3.63, 3.8) is 0 Å². The third-order valence-electron chi connectivity index (χ3n) is 3.16. The molecule has 1 aromatic carbocycles. The number of H-pyrrole nitrogens is 1. The quantitative estimate of drug-likeness (QED) is 0.908. The van der Waals surface area contributed by atoms with Crippen LogP contribution in [0, 0.1) is 0 Å². The van der Waals surface area contributed by atoms with Gasteiger partial charge in [0.1, 0.15) is 11.6 Å². The molecule has 1 aliphatic rings. The number of rotatable bonds is 4. The minimum Gasteiger partial charge on any atom is -0.480 e. The average Bonchev–Trinajstić information content (AvgIpc) is 2.93. The normalized spacial score (nSPS) is 17.9. The standard InChI is InChI=1S/C15H19N3OS/c1-10(2)16-7-11-8-17-15(18-11)13-9-20-14-6-4-3-5-12(14)19-13/h3-6,8,10,13,16H,7,9H2,1-2H3,(H,17,18). The molecule has 20 heavy (non-hydrogen) atoms. The molecule has 0 fully saturated rings. The number of aromatic nitrogens is 2. The van der Waals surface area contributed by atoms with Gasteiger partial charge in [-0.15, -0.1) is 11.8 Å². The van der Waals surface area contributed by atoms with Gasteiger partial charge >= 0.3 is 0 Å². The first-order chi connectivity index (χ1) is 9.72. The molecule has 0 spiro atoms. The van der Waals surface area contributed by atoms with Gasteiger partial charge in [0.25, 0.3) is 0 Å². The van der Waals surface area contributed by atoms with E-state index in [0.717, 1.165) is 29.6 Å². The molecule has 0 bridgehead atoms. The zero-order chi connectivity index (χ0) is 13.9. The minimum atomic E-state index is 0.00250. The lowest BCUT2D eigenvalue weighted by molar-refractivity contribution is 0.211. The molecule has 0 amide bonds. The number of nitrogens with zero attached hydrogens (tertiary/aromatic N) is 1. The van der Waals surface area contributed by atoms with E-state index in [-0.39, 0.29) is 6.10 Å². The molecule has 2 heterocycles. The van der Waals surface area contributed by atoms with Crippen molar-refractivity contribution in [2.24, 2.45) is 0 Å². The van der Waals surface area contributed by atoms with Crippen molar-refractivity contribution in [2.75, 3.05) is 5.75 Å². The van der Waals surface area contributed by atoms with Gasteiger partial charge in [-0.3, -0.25) is 0 Å². The van der Waals surface area contributed by atoms with Gasteiger partial charge in [0, 0.05) is 35.1 Å². The molecule has 1 aromatic heterocycles. The zero-order valence-corrected chi connectivity index (χ0v) is 12.5. The van der Waals surface area contributed by atoms with Crippen molar-refractivity contribution >= 4 is 11.8 Å². The lowest BCUT2D eigenvalue weighted by Gasteiger charge is -2.23. The number of hydrogen-bond donors (Lipinski definition) is 2. The van der Waals surface area contributed by atoms with Crippen molar-refractivity contribution in [3.05, 3.63) is 42.0 Å². The fourth-order valence-electron chi connectivity index (χ4n) is 2.10. The van der Waals surface area contributed by atoms with Crippen LogP contribution in [0.2, 0.25) is 0 Å². The van der Waals surface area contributed by atoms with Crippen LogP contribution in [-0.2, 0) is 6.54 Å². The first-order valence-corrected chi connectivity index (χ1v) is 7.86. The Morgan fingerprint density at radius 3 is 3.15 bits per heavy atom. The number of thioether (sulfide) groups is 1. The Hall–Kier alpha value is -1.46. The Kier molecular flexibility index (Phi) is 3.98. The molecule has 0 saturated heterocycles. The second-order valence-corrected chi connectivity index (χ2v) is 6.26. The molecule has 5 heteroatoms. The number of para-hydroxylation sites is 1. The van der Waals surface area contributed by atoms with Crippen molar-refractivity contribution < 1.29 is 4.74 Å². The summed E-state index contributed by atoms with van der Waals surface area (Å²) in [5.41, 5.74) is 1.10. The summed E-state index contributed by atoms with van der Waals surface area (Å²) in [4.78, 5) is 9.02. The van der Waals surface area contributed by atoms with Gasteiger partial charge in [-0.05, 0) is 12.1 Å². The third-order valence-corrected chi connectivity index (χ3v) is 4.28. The van der Waals surface area contributed by atoms with Crippen LogP contribution in [0.5, 0.6) is 5.75 Å². The molecular weight excluding hydrogens is 270 g/mol. The molecule has 0 saturated carbocycles. The van der Waals surface area contributed by atoms with E-state index in [1.807, 2.05) is 36.2 Å². The molecule has 0 radical (unpaired) electrons. The number of fused-ring (bicyclic) bond motifs is 1. The SMILES string of the molecule is CC(C)NCc1cnc(C2CSc3ccccc3O2)[nH]1. The third kappa shape index (κ3) is 2.99. The number of imidazole rings is 1. The van der Waals surface area contributed by atoms with E-state index in [1.54, 1.807) is 0 Å². The number of ether oxygens (including phenoxy) is 1. The Morgan fingerprint density at radius 1 is 1.45 bits per heavy atom. The van der Waals surface area contributed by atoms with Gasteiger partial charge in [0.05, 0.1) is 0 Å². The molecular formula is C15H19N3OS. The maximum atomic E-state index is 6.02. The largest absolute Gasteiger partial charge is 0.480 e. The number of hydrogen-bond acceptors (Lipinski definition) is 4. The van der Waals surface area contributed by atoms with Gasteiger partial charge in [-0.25, -0.2) is 4.98 Å². The lowest BCUT2D eigenvalue weighted by Crippen LogP contribution is -2.22. The Bertz CT molecular complexity index is 582. The highest BCUT2D eigenvalue weighted by Gasteiger charge is 2.23. The van der Waals surface area contributed by atoms with Crippen LogP contribution in [0.3, 0.4) is 0 Å². The van der Waals surface area contributed by atoms with E-state index < -0.39 is 0 Å². The topological polar surface area (TPSA) is 49.9 Å². The summed E-state index contributed by atoms with van der Waals surface area (Å²) in [7, 11) is 0. The maximum absolute atomic E-state index is 6.02. The van der Waals surface area contributed by atoms with E-state index in [9.17, 15) is 0 Å². The van der Waals surface area contributed by atoms with Crippen LogP contribution in [0.1, 0.15) is 31.5 Å². The van der Waals surface area contributed by atoms with Crippen molar-refractivity contribution in [1.82, 2.24) is 15.3 Å². The van der Waals surface area contributed by atoms with E-state index >= 15 is 0 Å². The van der Waals surface area contributed by atoms with Crippen molar-refractivity contribution in [1.29, 1.82) is 0 Å². The van der Waals surface area contributed by atoms with Crippen LogP contribution in [0.15, 0.2) is 35.4 Å². The summed E-state index contributed by atoms with van der Waals surface area (Å²) < 4.78 is 6.02. The fraction of sp³-hybridized carbons (Fsp3) is 0.400. The maximum Gasteiger partial charge on any atom is 0.165 e. The molecule has 1 atom stereocenters. The lowest BCUT2D eigenvalue weighted by atomic mass is 10.3. The molecule has 1 aliphatic heterocycles. The van der Waals surface area contributed by atoms with Gasteiger partial charge < -0.3 is 15.0 Å². The van der Waals surface area contributed by atoms with E-state index in [4.69, 9.17) is 4.74 Å². The summed E-state index contributed by atoms with van der Waals surface area (Å²) in [6.07, 6.45) is 1.89. The number of nitrogens with one attached hydrogen (secondary N) is 2. The first-order valence-electron chi connectivity index (χ1n) is 6.88. The summed E-state index contributed by atoms with van der Waals surface area (Å²) in [6, 6.07) is 8.62. The van der Waals surface area contributed by atoms with Gasteiger partial charge in [-0.1, -0.05) is 26.0 Å². The highest BCUT2D eigenvalue weighted by atomic mass is 32.2. The number of benzene rings is 1. The van der Waals surface area contributed by atoms with E-state index in [2.05, 4.69) is 35.2 Å². The molecule has 1 unspecified atom stereocenters. The van der Waals surface area contributed by atoms with Crippen molar-refractivity contribution in [2.45, 2.75) is 37.4 Å². The average molecular weight is 289 g/mol. The van der Waals surface area contributed by atoms with E-state index in [1.165, 1.54) is 4.90 Å². The summed E-state index contributed by atoms with van der Waals surface area (Å²) in [5, 5.41) is 3.38. The van der Waals surface area contributed by atoms with Crippen molar-refractivity contribution in [3.8, 4) is 5.75 Å². The molecule has 106 valence electrons. The van der Waals surface area contributed by atoms with Crippen LogP contribution < -0.4 is 10.1 Å². The Balaban J connectivity index is 1.69. The highest BCUT2D eigenvalue weighted by Crippen LogP contribution is 2.39. The zero-order valence-electron chi connectivity index (χ0n) is 11.7. The summed E-state index contributed by atoms with van der Waals surface area (Å²) in [5.74, 6) is 2.75. The molecule has 4 nitrogen and oxygen atoms in total. The summed E-state index contributed by atoms with van der Waals surface area (Å²) >= 11 is 1.82. The smallest absolute Gasteiger partial charge is 0.165 e. The fourth-order valence-corrected chi connectivity index (χ4v) is 3.09. The van der Waals surface area contributed by atoms with E-state index in [0.29, 0.717) is 6.04 Å². The van der Waals surface area contributed by atoms with Gasteiger partial charge in [-0.2, -0.15) is 0 Å². The predicted octanol–water partition coefficient (Wildman–Crippen LogP) is 3.13. The van der Waals surface area contributed by atoms with Crippen LogP contribution in [0.25, 0.3) is 0 Å². The molecule has 2 aromatic rings. The molecule has 3 rings (SSSR count). The monoisotopic (exact) mass is 289 g/mol. The second-order valence-electron chi connectivity index (χ2n) is 5.19.